The largest absolute Gasteiger partial charge is 0.396 e. The molecule has 0 saturated heterocycles. The number of halogens is 1. The van der Waals surface area contributed by atoms with Crippen LogP contribution in [0.5, 0.6) is 0 Å². The average Bonchev–Trinajstić information content (AvgIpc) is 2.09. The van der Waals surface area contributed by atoms with E-state index in [4.69, 9.17) is 10.8 Å². The third-order valence-electron chi connectivity index (χ3n) is 1.61. The second-order valence-corrected chi connectivity index (χ2v) is 3.30. The molecule has 1 aromatic rings. The highest BCUT2D eigenvalue weighted by atomic mass is 79.9. The normalized spacial score (nSPS) is 10.2. The van der Waals surface area contributed by atoms with Gasteiger partial charge in [-0.3, -0.25) is 0 Å². The first-order valence-corrected chi connectivity index (χ1v) is 4.49. The second-order valence-electron chi connectivity index (χ2n) is 2.45. The smallest absolute Gasteiger partial charge is 0.0506 e. The van der Waals surface area contributed by atoms with Crippen LogP contribution in [-0.2, 0) is 6.54 Å². The molecule has 1 aromatic carbocycles. The van der Waals surface area contributed by atoms with Crippen molar-refractivity contribution in [2.75, 3.05) is 6.61 Å². The van der Waals surface area contributed by atoms with Crippen molar-refractivity contribution in [3.63, 3.8) is 0 Å². The molecule has 0 fully saturated rings. The average molecular weight is 229 g/mol. The van der Waals surface area contributed by atoms with E-state index in [1.165, 1.54) is 0 Å². The summed E-state index contributed by atoms with van der Waals surface area (Å²) < 4.78 is 0.980. The van der Waals surface area contributed by atoms with Crippen LogP contribution in [0.25, 0.3) is 0 Å². The van der Waals surface area contributed by atoms with Gasteiger partial charge in [-0.1, -0.05) is 28.1 Å². The Morgan fingerprint density at radius 2 is 2.25 bits per heavy atom. The van der Waals surface area contributed by atoms with E-state index in [1.807, 2.05) is 18.2 Å². The van der Waals surface area contributed by atoms with Gasteiger partial charge in [-0.2, -0.15) is 0 Å². The SMILES string of the molecule is NCc1ccc(Br)c([CH]CO)c1. The van der Waals surface area contributed by atoms with Gasteiger partial charge in [-0.25, -0.2) is 0 Å². The first kappa shape index (κ1) is 9.71. The summed E-state index contributed by atoms with van der Waals surface area (Å²) in [7, 11) is 0. The van der Waals surface area contributed by atoms with Crippen LogP contribution in [0, 0.1) is 6.42 Å². The van der Waals surface area contributed by atoms with E-state index >= 15 is 0 Å². The first-order valence-electron chi connectivity index (χ1n) is 3.70. The predicted octanol–water partition coefficient (Wildman–Crippen LogP) is 1.45. The minimum atomic E-state index is 0.0482. The highest BCUT2D eigenvalue weighted by Crippen LogP contribution is 2.19. The van der Waals surface area contributed by atoms with Crippen molar-refractivity contribution >= 4 is 15.9 Å². The summed E-state index contributed by atoms with van der Waals surface area (Å²) in [6.07, 6.45) is 1.74. The van der Waals surface area contributed by atoms with Gasteiger partial charge in [0.25, 0.3) is 0 Å². The maximum atomic E-state index is 8.70. The molecule has 1 rings (SSSR count). The van der Waals surface area contributed by atoms with Crippen molar-refractivity contribution < 1.29 is 5.11 Å². The predicted molar refractivity (Wildman–Crippen MR) is 52.5 cm³/mol. The van der Waals surface area contributed by atoms with Gasteiger partial charge in [0, 0.05) is 17.4 Å². The first-order chi connectivity index (χ1) is 5.77. The molecule has 0 atom stereocenters. The molecule has 0 amide bonds. The van der Waals surface area contributed by atoms with Gasteiger partial charge in [0.05, 0.1) is 6.61 Å². The van der Waals surface area contributed by atoms with Crippen LogP contribution < -0.4 is 5.73 Å². The molecule has 0 aromatic heterocycles. The van der Waals surface area contributed by atoms with E-state index < -0.39 is 0 Å². The van der Waals surface area contributed by atoms with Crippen LogP contribution in [-0.4, -0.2) is 11.7 Å². The zero-order valence-electron chi connectivity index (χ0n) is 6.63. The number of rotatable bonds is 3. The Kier molecular flexibility index (Phi) is 3.72. The number of benzene rings is 1. The van der Waals surface area contributed by atoms with E-state index in [9.17, 15) is 0 Å². The zero-order valence-corrected chi connectivity index (χ0v) is 8.21. The van der Waals surface area contributed by atoms with Crippen molar-refractivity contribution in [1.82, 2.24) is 0 Å². The zero-order chi connectivity index (χ0) is 8.97. The Morgan fingerprint density at radius 1 is 1.50 bits per heavy atom. The molecule has 0 heterocycles. The highest BCUT2D eigenvalue weighted by Gasteiger charge is 1.99. The summed E-state index contributed by atoms with van der Waals surface area (Å²) in [4.78, 5) is 0. The molecule has 0 aliphatic rings. The molecule has 3 N–H and O–H groups in total. The van der Waals surface area contributed by atoms with E-state index in [2.05, 4.69) is 15.9 Å². The number of nitrogens with two attached hydrogens (primary N) is 1. The van der Waals surface area contributed by atoms with Crippen molar-refractivity contribution in [2.45, 2.75) is 6.54 Å². The topological polar surface area (TPSA) is 46.2 Å². The molecule has 0 saturated carbocycles. The van der Waals surface area contributed by atoms with E-state index in [0.29, 0.717) is 6.54 Å². The molecule has 0 aliphatic heterocycles. The molecule has 0 spiro atoms. The van der Waals surface area contributed by atoms with Gasteiger partial charge in [-0.05, 0) is 17.2 Å². The number of aliphatic hydroxyl groups is 1. The Morgan fingerprint density at radius 3 is 2.83 bits per heavy atom. The van der Waals surface area contributed by atoms with Crippen molar-refractivity contribution in [3.8, 4) is 0 Å². The summed E-state index contributed by atoms with van der Waals surface area (Å²) in [5, 5.41) is 8.70. The minimum absolute atomic E-state index is 0.0482. The lowest BCUT2D eigenvalue weighted by molar-refractivity contribution is 0.331. The van der Waals surface area contributed by atoms with E-state index in [1.54, 1.807) is 6.42 Å². The molecular weight excluding hydrogens is 218 g/mol. The Labute approximate surface area is 80.5 Å². The summed E-state index contributed by atoms with van der Waals surface area (Å²) in [5.74, 6) is 0. The Balaban J connectivity index is 2.91. The van der Waals surface area contributed by atoms with Gasteiger partial charge in [0.15, 0.2) is 0 Å². The third kappa shape index (κ3) is 2.30. The van der Waals surface area contributed by atoms with Crippen molar-refractivity contribution in [1.29, 1.82) is 0 Å². The number of aliphatic hydroxyl groups excluding tert-OH is 1. The highest BCUT2D eigenvalue weighted by molar-refractivity contribution is 9.10. The Hall–Kier alpha value is -0.380. The quantitative estimate of drug-likeness (QED) is 0.823. The molecular formula is C9H11BrNO. The van der Waals surface area contributed by atoms with Crippen molar-refractivity contribution in [3.05, 3.63) is 40.2 Å². The fourth-order valence-electron chi connectivity index (χ4n) is 0.975. The number of hydrogen-bond donors (Lipinski definition) is 2. The van der Waals surface area contributed by atoms with Crippen molar-refractivity contribution in [2.24, 2.45) is 5.73 Å². The third-order valence-corrected chi connectivity index (χ3v) is 2.33. The Bertz CT molecular complexity index is 263. The maximum Gasteiger partial charge on any atom is 0.0506 e. The van der Waals surface area contributed by atoms with Crippen LogP contribution in [0.4, 0.5) is 0 Å². The molecule has 65 valence electrons. The molecule has 0 unspecified atom stereocenters. The molecule has 12 heavy (non-hydrogen) atoms. The lowest BCUT2D eigenvalue weighted by Crippen LogP contribution is -1.98. The summed E-state index contributed by atoms with van der Waals surface area (Å²) >= 11 is 3.38. The number of hydrogen-bond acceptors (Lipinski definition) is 2. The van der Waals surface area contributed by atoms with Gasteiger partial charge >= 0.3 is 0 Å². The van der Waals surface area contributed by atoms with Gasteiger partial charge < -0.3 is 10.8 Å². The van der Waals surface area contributed by atoms with Crippen LogP contribution in [0.15, 0.2) is 22.7 Å². The van der Waals surface area contributed by atoms with Gasteiger partial charge in [0.2, 0.25) is 0 Å². The monoisotopic (exact) mass is 228 g/mol. The van der Waals surface area contributed by atoms with Crippen LogP contribution in [0.3, 0.4) is 0 Å². The second kappa shape index (κ2) is 4.60. The minimum Gasteiger partial charge on any atom is -0.396 e. The molecule has 3 heteroatoms. The van der Waals surface area contributed by atoms with E-state index in [0.717, 1.165) is 15.6 Å². The lowest BCUT2D eigenvalue weighted by atomic mass is 10.1. The summed E-state index contributed by atoms with van der Waals surface area (Å²) in [6.45, 7) is 0.576. The summed E-state index contributed by atoms with van der Waals surface area (Å²) in [5.41, 5.74) is 7.53. The van der Waals surface area contributed by atoms with Gasteiger partial charge in [-0.15, -0.1) is 0 Å². The van der Waals surface area contributed by atoms with Crippen LogP contribution >= 0.6 is 15.9 Å². The molecule has 2 nitrogen and oxygen atoms in total. The summed E-state index contributed by atoms with van der Waals surface area (Å²) in [6, 6.07) is 5.85. The fourth-order valence-corrected chi connectivity index (χ4v) is 1.38. The molecule has 0 aliphatic carbocycles. The lowest BCUT2D eigenvalue weighted by Gasteiger charge is -2.04. The van der Waals surface area contributed by atoms with Crippen LogP contribution in [0.1, 0.15) is 11.1 Å². The fraction of sp³-hybridized carbons (Fsp3) is 0.222. The maximum absolute atomic E-state index is 8.70. The van der Waals surface area contributed by atoms with Gasteiger partial charge in [0.1, 0.15) is 0 Å². The van der Waals surface area contributed by atoms with E-state index in [-0.39, 0.29) is 6.61 Å². The van der Waals surface area contributed by atoms with Crippen LogP contribution in [0.2, 0.25) is 0 Å². The standard InChI is InChI=1S/C9H11BrNO/c10-9-2-1-7(6-11)5-8(9)3-4-12/h1-3,5,12H,4,6,11H2. The molecule has 0 bridgehead atoms. The molecule has 1 radical (unpaired) electrons.